The zero-order valence-corrected chi connectivity index (χ0v) is 12.6. The van der Waals surface area contributed by atoms with Crippen LogP contribution in [0.5, 0.6) is 0 Å². The molecule has 0 spiro atoms. The summed E-state index contributed by atoms with van der Waals surface area (Å²) in [6.07, 6.45) is 0. The number of halogens is 2. The lowest BCUT2D eigenvalue weighted by molar-refractivity contribution is 0.309. The van der Waals surface area contributed by atoms with Crippen molar-refractivity contribution in [3.8, 4) is 0 Å². The van der Waals surface area contributed by atoms with Gasteiger partial charge < -0.3 is 4.90 Å². The lowest BCUT2D eigenvalue weighted by Gasteiger charge is -2.27. The van der Waals surface area contributed by atoms with Crippen molar-refractivity contribution in [2.45, 2.75) is 20.8 Å². The van der Waals surface area contributed by atoms with E-state index in [0.29, 0.717) is 15.5 Å². The maximum atomic E-state index is 6.08. The highest BCUT2D eigenvalue weighted by Crippen LogP contribution is 2.60. The van der Waals surface area contributed by atoms with E-state index in [0.717, 1.165) is 17.8 Å². The SMILES string of the molecule is CC(C)(C)C1C2CN(c3ccc(Cl)c(Cl)c3)CC21. The second kappa shape index (κ2) is 4.05. The molecule has 1 nitrogen and oxygen atoms in total. The fourth-order valence-electron chi connectivity index (χ4n) is 3.70. The van der Waals surface area contributed by atoms with Gasteiger partial charge in [-0.2, -0.15) is 0 Å². The number of rotatable bonds is 1. The third-order valence-corrected chi connectivity index (χ3v) is 5.20. The van der Waals surface area contributed by atoms with Crippen molar-refractivity contribution < 1.29 is 0 Å². The minimum absolute atomic E-state index is 0.457. The summed E-state index contributed by atoms with van der Waals surface area (Å²) in [5.74, 6) is 2.65. The summed E-state index contributed by atoms with van der Waals surface area (Å²) in [5.41, 5.74) is 1.67. The normalized spacial score (nSPS) is 30.5. The molecule has 1 saturated heterocycles. The molecule has 3 heteroatoms. The van der Waals surface area contributed by atoms with Gasteiger partial charge in [0.1, 0.15) is 0 Å². The lowest BCUT2D eigenvalue weighted by Crippen LogP contribution is -2.27. The van der Waals surface area contributed by atoms with Gasteiger partial charge in [0.05, 0.1) is 10.0 Å². The van der Waals surface area contributed by atoms with E-state index in [-0.39, 0.29) is 0 Å². The average Bonchev–Trinajstić information content (AvgIpc) is 2.81. The predicted octanol–water partition coefficient (Wildman–Crippen LogP) is 4.72. The Kier molecular flexibility index (Phi) is 2.84. The Labute approximate surface area is 119 Å². The van der Waals surface area contributed by atoms with Crippen molar-refractivity contribution in [1.29, 1.82) is 0 Å². The monoisotopic (exact) mass is 283 g/mol. The molecule has 2 aliphatic rings. The van der Waals surface area contributed by atoms with E-state index in [9.17, 15) is 0 Å². The average molecular weight is 284 g/mol. The lowest BCUT2D eigenvalue weighted by atomic mass is 9.87. The molecule has 1 aromatic rings. The molecule has 0 radical (unpaired) electrons. The van der Waals surface area contributed by atoms with Crippen LogP contribution in [0.1, 0.15) is 20.8 Å². The first-order valence-electron chi connectivity index (χ1n) is 6.58. The van der Waals surface area contributed by atoms with Gasteiger partial charge in [0, 0.05) is 18.8 Å². The first kappa shape index (κ1) is 12.6. The Morgan fingerprint density at radius 3 is 2.17 bits per heavy atom. The van der Waals surface area contributed by atoms with Crippen LogP contribution in [0.2, 0.25) is 10.0 Å². The van der Waals surface area contributed by atoms with Crippen LogP contribution >= 0.6 is 23.2 Å². The molecule has 98 valence electrons. The van der Waals surface area contributed by atoms with Gasteiger partial charge in [-0.15, -0.1) is 0 Å². The summed E-state index contributed by atoms with van der Waals surface area (Å²) in [6, 6.07) is 5.95. The maximum Gasteiger partial charge on any atom is 0.0612 e. The van der Waals surface area contributed by atoms with Crippen LogP contribution in [-0.2, 0) is 0 Å². The molecular weight excluding hydrogens is 265 g/mol. The summed E-state index contributed by atoms with van der Waals surface area (Å²) in [4.78, 5) is 2.44. The molecule has 0 N–H and O–H groups in total. The predicted molar refractivity (Wildman–Crippen MR) is 78.6 cm³/mol. The Hall–Kier alpha value is -0.400. The van der Waals surface area contributed by atoms with Crippen LogP contribution in [0.3, 0.4) is 0 Å². The van der Waals surface area contributed by atoms with E-state index in [1.54, 1.807) is 0 Å². The summed E-state index contributed by atoms with van der Waals surface area (Å²) in [5, 5.41) is 1.29. The second-order valence-electron chi connectivity index (χ2n) is 6.72. The summed E-state index contributed by atoms with van der Waals surface area (Å²) in [7, 11) is 0. The third-order valence-electron chi connectivity index (χ3n) is 4.46. The zero-order chi connectivity index (χ0) is 13.1. The van der Waals surface area contributed by atoms with Crippen molar-refractivity contribution in [3.05, 3.63) is 28.2 Å². The fraction of sp³-hybridized carbons (Fsp3) is 0.600. The Bertz CT molecular complexity index is 466. The quantitative estimate of drug-likeness (QED) is 0.721. The number of hydrogen-bond acceptors (Lipinski definition) is 1. The summed E-state index contributed by atoms with van der Waals surface area (Å²) >= 11 is 12.0. The van der Waals surface area contributed by atoms with Crippen molar-refractivity contribution in [1.82, 2.24) is 0 Å². The highest BCUT2D eigenvalue weighted by molar-refractivity contribution is 6.42. The molecule has 2 atom stereocenters. The van der Waals surface area contributed by atoms with Crippen LogP contribution < -0.4 is 4.90 Å². The van der Waals surface area contributed by atoms with Crippen LogP contribution in [0.25, 0.3) is 0 Å². The van der Waals surface area contributed by atoms with Crippen molar-refractivity contribution in [3.63, 3.8) is 0 Å². The molecule has 0 bridgehead atoms. The number of anilines is 1. The Morgan fingerprint density at radius 1 is 1.06 bits per heavy atom. The Morgan fingerprint density at radius 2 is 1.67 bits per heavy atom. The highest BCUT2D eigenvalue weighted by atomic mass is 35.5. The zero-order valence-electron chi connectivity index (χ0n) is 11.1. The van der Waals surface area contributed by atoms with Crippen molar-refractivity contribution >= 4 is 28.9 Å². The first-order valence-corrected chi connectivity index (χ1v) is 7.33. The highest BCUT2D eigenvalue weighted by Gasteiger charge is 2.59. The third kappa shape index (κ3) is 2.02. The number of nitrogens with zero attached hydrogens (tertiary/aromatic N) is 1. The minimum Gasteiger partial charge on any atom is -0.371 e. The van der Waals surface area contributed by atoms with Gasteiger partial charge in [-0.25, -0.2) is 0 Å². The van der Waals surface area contributed by atoms with E-state index in [4.69, 9.17) is 23.2 Å². The van der Waals surface area contributed by atoms with Crippen LogP contribution in [0.4, 0.5) is 5.69 Å². The van der Waals surface area contributed by atoms with E-state index in [1.165, 1.54) is 18.8 Å². The van der Waals surface area contributed by atoms with E-state index in [2.05, 4.69) is 31.7 Å². The van der Waals surface area contributed by atoms with Gasteiger partial charge >= 0.3 is 0 Å². The molecule has 1 aliphatic carbocycles. The molecule has 3 rings (SSSR count). The van der Waals surface area contributed by atoms with Gasteiger partial charge in [0.25, 0.3) is 0 Å². The van der Waals surface area contributed by atoms with Crippen molar-refractivity contribution in [2.24, 2.45) is 23.2 Å². The molecule has 1 aromatic carbocycles. The fourth-order valence-corrected chi connectivity index (χ4v) is 4.00. The largest absolute Gasteiger partial charge is 0.371 e. The smallest absolute Gasteiger partial charge is 0.0612 e. The number of hydrogen-bond donors (Lipinski definition) is 0. The van der Waals surface area contributed by atoms with Crippen molar-refractivity contribution in [2.75, 3.05) is 18.0 Å². The minimum atomic E-state index is 0.457. The molecule has 18 heavy (non-hydrogen) atoms. The summed E-state index contributed by atoms with van der Waals surface area (Å²) in [6.45, 7) is 9.42. The number of benzene rings is 1. The number of fused-ring (bicyclic) bond motifs is 1. The van der Waals surface area contributed by atoms with Crippen LogP contribution in [-0.4, -0.2) is 13.1 Å². The molecule has 1 aliphatic heterocycles. The summed E-state index contributed by atoms with van der Waals surface area (Å²) < 4.78 is 0. The van der Waals surface area contributed by atoms with Gasteiger partial charge in [0.2, 0.25) is 0 Å². The molecule has 2 unspecified atom stereocenters. The van der Waals surface area contributed by atoms with Gasteiger partial charge in [0.15, 0.2) is 0 Å². The van der Waals surface area contributed by atoms with E-state index < -0.39 is 0 Å². The first-order chi connectivity index (χ1) is 8.38. The Balaban J connectivity index is 1.71. The van der Waals surface area contributed by atoms with Crippen LogP contribution in [0, 0.1) is 23.2 Å². The van der Waals surface area contributed by atoms with Gasteiger partial charge in [-0.1, -0.05) is 44.0 Å². The van der Waals surface area contributed by atoms with Gasteiger partial charge in [-0.3, -0.25) is 0 Å². The number of piperidine rings is 1. The second-order valence-corrected chi connectivity index (χ2v) is 7.54. The molecule has 1 saturated carbocycles. The standard InChI is InChI=1S/C15H19Cl2N/c1-15(2,3)14-10-7-18(8-11(10)14)9-4-5-12(16)13(17)6-9/h4-6,10-11,14H,7-8H2,1-3H3. The molecule has 2 fully saturated rings. The van der Waals surface area contributed by atoms with E-state index >= 15 is 0 Å². The van der Waals surface area contributed by atoms with E-state index in [1.807, 2.05) is 12.1 Å². The van der Waals surface area contributed by atoms with Gasteiger partial charge in [-0.05, 0) is 41.4 Å². The maximum absolute atomic E-state index is 6.08. The molecule has 1 heterocycles. The van der Waals surface area contributed by atoms with Crippen LogP contribution in [0.15, 0.2) is 18.2 Å². The molecule has 0 aromatic heterocycles. The topological polar surface area (TPSA) is 3.24 Å². The molecular formula is C15H19Cl2N. The molecule has 0 amide bonds.